The summed E-state index contributed by atoms with van der Waals surface area (Å²) in [5, 5.41) is 5.92. The second-order valence-corrected chi connectivity index (χ2v) is 5.57. The number of aromatic nitrogens is 2. The number of nitrogens with zero attached hydrogens (tertiary/aromatic N) is 2. The van der Waals surface area contributed by atoms with Crippen molar-refractivity contribution in [3.05, 3.63) is 47.4 Å². The summed E-state index contributed by atoms with van der Waals surface area (Å²) in [6.45, 7) is 7.04. The second kappa shape index (κ2) is 7.00. The summed E-state index contributed by atoms with van der Waals surface area (Å²) in [6.07, 6.45) is 0. The molecule has 120 valence electrons. The van der Waals surface area contributed by atoms with E-state index < -0.39 is 0 Å². The fourth-order valence-electron chi connectivity index (χ4n) is 2.02. The summed E-state index contributed by atoms with van der Waals surface area (Å²) in [5.41, 5.74) is 1.74. The Morgan fingerprint density at radius 2 is 1.74 bits per heavy atom. The Labute approximate surface area is 135 Å². The van der Waals surface area contributed by atoms with Gasteiger partial charge in [0, 0.05) is 23.4 Å². The zero-order valence-electron chi connectivity index (χ0n) is 13.7. The van der Waals surface area contributed by atoms with E-state index in [-0.39, 0.29) is 17.7 Å². The minimum Gasteiger partial charge on any atom is -0.349 e. The van der Waals surface area contributed by atoms with Crippen molar-refractivity contribution in [2.45, 2.75) is 33.7 Å². The van der Waals surface area contributed by atoms with Crippen LogP contribution in [0, 0.1) is 6.92 Å². The second-order valence-electron chi connectivity index (χ2n) is 5.57. The van der Waals surface area contributed by atoms with Crippen LogP contribution in [0.15, 0.2) is 30.3 Å². The van der Waals surface area contributed by atoms with Crippen molar-refractivity contribution in [2.75, 3.05) is 5.32 Å². The van der Waals surface area contributed by atoms with Gasteiger partial charge in [-0.15, -0.1) is 0 Å². The molecule has 1 heterocycles. The van der Waals surface area contributed by atoms with Crippen LogP contribution in [-0.4, -0.2) is 27.7 Å². The van der Waals surface area contributed by atoms with Gasteiger partial charge in [0.1, 0.15) is 17.3 Å². The molecule has 0 aliphatic rings. The molecule has 0 unspecified atom stereocenters. The summed E-state index contributed by atoms with van der Waals surface area (Å²) in [6, 6.07) is 8.71. The molecule has 1 aromatic carbocycles. The van der Waals surface area contributed by atoms with E-state index in [0.717, 1.165) is 5.69 Å². The molecule has 6 nitrogen and oxygen atoms in total. The number of ketones is 1. The van der Waals surface area contributed by atoms with Crippen LogP contribution in [0.2, 0.25) is 0 Å². The third kappa shape index (κ3) is 4.60. The molecule has 1 aromatic heterocycles. The fraction of sp³-hybridized carbons (Fsp3) is 0.294. The lowest BCUT2D eigenvalue weighted by atomic mass is 10.1. The molecule has 0 saturated carbocycles. The number of anilines is 2. The van der Waals surface area contributed by atoms with Crippen LogP contribution in [-0.2, 0) is 0 Å². The monoisotopic (exact) mass is 312 g/mol. The Morgan fingerprint density at radius 1 is 1.09 bits per heavy atom. The predicted octanol–water partition coefficient (Wildman–Crippen LogP) is 2.87. The molecule has 0 atom stereocenters. The molecule has 0 aliphatic carbocycles. The van der Waals surface area contributed by atoms with Gasteiger partial charge in [-0.05, 0) is 52.0 Å². The van der Waals surface area contributed by atoms with Gasteiger partial charge >= 0.3 is 0 Å². The number of aryl methyl sites for hydroxylation is 1. The fourth-order valence-corrected chi connectivity index (χ4v) is 2.02. The van der Waals surface area contributed by atoms with Crippen molar-refractivity contribution in [2.24, 2.45) is 0 Å². The average Bonchev–Trinajstić information content (AvgIpc) is 2.46. The zero-order chi connectivity index (χ0) is 17.0. The Kier molecular flexibility index (Phi) is 5.05. The van der Waals surface area contributed by atoms with Crippen molar-refractivity contribution < 1.29 is 9.59 Å². The third-order valence-corrected chi connectivity index (χ3v) is 3.05. The maximum absolute atomic E-state index is 12.1. The predicted molar refractivity (Wildman–Crippen MR) is 89.1 cm³/mol. The van der Waals surface area contributed by atoms with E-state index in [1.807, 2.05) is 13.8 Å². The van der Waals surface area contributed by atoms with Crippen molar-refractivity contribution >= 4 is 23.2 Å². The highest BCUT2D eigenvalue weighted by molar-refractivity contribution is 5.94. The molecule has 1 amide bonds. The zero-order valence-corrected chi connectivity index (χ0v) is 13.7. The Bertz CT molecular complexity index is 724. The van der Waals surface area contributed by atoms with Crippen molar-refractivity contribution in [1.82, 2.24) is 15.3 Å². The normalized spacial score (nSPS) is 10.5. The molecular formula is C17H20N4O2. The van der Waals surface area contributed by atoms with E-state index in [0.29, 0.717) is 22.9 Å². The van der Waals surface area contributed by atoms with Crippen LogP contribution in [0.4, 0.5) is 11.5 Å². The van der Waals surface area contributed by atoms with Gasteiger partial charge in [-0.25, -0.2) is 9.97 Å². The first-order valence-corrected chi connectivity index (χ1v) is 7.39. The van der Waals surface area contributed by atoms with E-state index in [9.17, 15) is 9.59 Å². The summed E-state index contributed by atoms with van der Waals surface area (Å²) >= 11 is 0. The highest BCUT2D eigenvalue weighted by Gasteiger charge is 2.11. The number of hydrogen-bond acceptors (Lipinski definition) is 5. The molecule has 23 heavy (non-hydrogen) atoms. The minimum atomic E-state index is -0.236. The molecule has 6 heteroatoms. The van der Waals surface area contributed by atoms with Gasteiger partial charge in [0.05, 0.1) is 0 Å². The molecule has 0 fully saturated rings. The SMILES string of the molecule is CC(=O)c1ccc(Nc2cc(C(=O)NC(C)C)nc(C)n2)cc1. The maximum atomic E-state index is 12.1. The van der Waals surface area contributed by atoms with Gasteiger partial charge in [-0.2, -0.15) is 0 Å². The lowest BCUT2D eigenvalue weighted by molar-refractivity contribution is 0.0937. The van der Waals surface area contributed by atoms with E-state index in [1.165, 1.54) is 6.92 Å². The Morgan fingerprint density at radius 3 is 2.30 bits per heavy atom. The molecule has 0 radical (unpaired) electrons. The highest BCUT2D eigenvalue weighted by Crippen LogP contribution is 2.16. The quantitative estimate of drug-likeness (QED) is 0.829. The highest BCUT2D eigenvalue weighted by atomic mass is 16.2. The first-order valence-electron chi connectivity index (χ1n) is 7.39. The smallest absolute Gasteiger partial charge is 0.270 e. The average molecular weight is 312 g/mol. The molecule has 0 spiro atoms. The standard InChI is InChI=1S/C17H20N4O2/c1-10(2)18-17(23)15-9-16(20-12(4)19-15)21-14-7-5-13(6-8-14)11(3)22/h5-10H,1-4H3,(H,18,23)(H,19,20,21). The molecule has 2 N–H and O–H groups in total. The number of hydrogen-bond donors (Lipinski definition) is 2. The number of Topliss-reactive ketones (excluding diaryl/α,β-unsaturated/α-hetero) is 1. The summed E-state index contributed by atoms with van der Waals surface area (Å²) in [4.78, 5) is 31.8. The lowest BCUT2D eigenvalue weighted by Gasteiger charge is -2.11. The van der Waals surface area contributed by atoms with E-state index >= 15 is 0 Å². The topological polar surface area (TPSA) is 84.0 Å². The molecule has 0 bridgehead atoms. The molecule has 0 saturated heterocycles. The number of amides is 1. The van der Waals surface area contributed by atoms with Crippen LogP contribution in [0.5, 0.6) is 0 Å². The van der Waals surface area contributed by atoms with Crippen LogP contribution in [0.3, 0.4) is 0 Å². The Hall–Kier alpha value is -2.76. The van der Waals surface area contributed by atoms with Gasteiger partial charge in [-0.3, -0.25) is 9.59 Å². The number of carbonyl (C=O) groups is 2. The number of carbonyl (C=O) groups excluding carboxylic acids is 2. The first-order chi connectivity index (χ1) is 10.8. The van der Waals surface area contributed by atoms with Gasteiger partial charge in [-0.1, -0.05) is 0 Å². The molecule has 0 aliphatic heterocycles. The van der Waals surface area contributed by atoms with Crippen LogP contribution in [0.25, 0.3) is 0 Å². The third-order valence-electron chi connectivity index (χ3n) is 3.05. The molecule has 2 rings (SSSR count). The lowest BCUT2D eigenvalue weighted by Crippen LogP contribution is -2.31. The number of rotatable bonds is 5. The molecule has 2 aromatic rings. The van der Waals surface area contributed by atoms with Crippen molar-refractivity contribution in [3.63, 3.8) is 0 Å². The van der Waals surface area contributed by atoms with Gasteiger partial charge in [0.15, 0.2) is 5.78 Å². The van der Waals surface area contributed by atoms with E-state index in [1.54, 1.807) is 37.3 Å². The first kappa shape index (κ1) is 16.6. The van der Waals surface area contributed by atoms with Gasteiger partial charge in [0.2, 0.25) is 0 Å². The van der Waals surface area contributed by atoms with Crippen LogP contribution < -0.4 is 10.6 Å². The van der Waals surface area contributed by atoms with Crippen molar-refractivity contribution in [1.29, 1.82) is 0 Å². The summed E-state index contributed by atoms with van der Waals surface area (Å²) in [5.74, 6) is 0.814. The van der Waals surface area contributed by atoms with Crippen LogP contribution >= 0.6 is 0 Å². The number of benzene rings is 1. The van der Waals surface area contributed by atoms with Crippen LogP contribution in [0.1, 0.15) is 47.4 Å². The summed E-state index contributed by atoms with van der Waals surface area (Å²) in [7, 11) is 0. The van der Waals surface area contributed by atoms with Crippen molar-refractivity contribution in [3.8, 4) is 0 Å². The summed E-state index contributed by atoms with van der Waals surface area (Å²) < 4.78 is 0. The van der Waals surface area contributed by atoms with Gasteiger partial charge < -0.3 is 10.6 Å². The maximum Gasteiger partial charge on any atom is 0.270 e. The Balaban J connectivity index is 2.21. The minimum absolute atomic E-state index is 0.0158. The van der Waals surface area contributed by atoms with E-state index in [2.05, 4.69) is 20.6 Å². The molecular weight excluding hydrogens is 292 g/mol. The largest absolute Gasteiger partial charge is 0.349 e. The number of nitrogens with one attached hydrogen (secondary N) is 2. The van der Waals surface area contributed by atoms with E-state index in [4.69, 9.17) is 0 Å². The van der Waals surface area contributed by atoms with Gasteiger partial charge in [0.25, 0.3) is 5.91 Å².